The Morgan fingerprint density at radius 1 is 0.846 bits per heavy atom. The first-order chi connectivity index (χ1) is 18.7. The number of rotatable bonds is 6. The van der Waals surface area contributed by atoms with Crippen LogP contribution in [-0.4, -0.2) is 23.7 Å². The fourth-order valence-electron chi connectivity index (χ4n) is 4.78. The van der Waals surface area contributed by atoms with E-state index in [-0.39, 0.29) is 6.61 Å². The second-order valence-corrected chi connectivity index (χ2v) is 13.6. The number of amides is 1. The van der Waals surface area contributed by atoms with E-state index in [0.29, 0.717) is 6.42 Å². The molecule has 0 aliphatic carbocycles. The topological polar surface area (TPSA) is 64.6 Å². The van der Waals surface area contributed by atoms with Crippen molar-refractivity contribution in [1.82, 2.24) is 5.32 Å². The summed E-state index contributed by atoms with van der Waals surface area (Å²) in [6, 6.07) is 21.8. The number of carbonyl (C=O) groups excluding carboxylic acids is 2. The predicted molar refractivity (Wildman–Crippen MR) is 163 cm³/mol. The third kappa shape index (κ3) is 5.37. The van der Waals surface area contributed by atoms with Crippen molar-refractivity contribution >= 4 is 86.4 Å². The number of fused-ring (bicyclic) bond motifs is 7. The molecule has 5 nitrogen and oxygen atoms in total. The monoisotopic (exact) mass is 573 g/mol. The number of hydrogen-bond acceptors (Lipinski definition) is 7. The van der Waals surface area contributed by atoms with Crippen LogP contribution in [0.2, 0.25) is 0 Å². The van der Waals surface area contributed by atoms with Crippen LogP contribution in [0.3, 0.4) is 0 Å². The molecule has 0 bridgehead atoms. The lowest BCUT2D eigenvalue weighted by Gasteiger charge is -2.23. The van der Waals surface area contributed by atoms with Crippen LogP contribution in [0.15, 0.2) is 72.1 Å². The number of nitrogens with one attached hydrogen (secondary N) is 1. The zero-order valence-electron chi connectivity index (χ0n) is 21.8. The number of thiophene rings is 3. The Kier molecular flexibility index (Phi) is 6.79. The molecule has 1 amide bonds. The first-order valence-electron chi connectivity index (χ1n) is 12.7. The van der Waals surface area contributed by atoms with Crippen molar-refractivity contribution < 1.29 is 19.1 Å². The molecule has 0 fully saturated rings. The second-order valence-electron chi connectivity index (χ2n) is 10.4. The van der Waals surface area contributed by atoms with Crippen molar-refractivity contribution in [3.05, 3.63) is 82.6 Å². The second kappa shape index (κ2) is 10.3. The van der Waals surface area contributed by atoms with Crippen LogP contribution in [0, 0.1) is 0 Å². The van der Waals surface area contributed by atoms with Crippen molar-refractivity contribution in [3.8, 4) is 0 Å². The highest BCUT2D eigenvalue weighted by atomic mass is 32.1. The Morgan fingerprint density at radius 2 is 1.54 bits per heavy atom. The summed E-state index contributed by atoms with van der Waals surface area (Å²) in [7, 11) is 0. The average molecular weight is 574 g/mol. The molecule has 6 rings (SSSR count). The first kappa shape index (κ1) is 25.8. The quantitative estimate of drug-likeness (QED) is 0.203. The molecule has 3 aromatic heterocycles. The highest BCUT2D eigenvalue weighted by Gasteiger charge is 2.26. The van der Waals surface area contributed by atoms with Gasteiger partial charge in [0.1, 0.15) is 18.2 Å². The molecule has 1 N–H and O–H groups in total. The van der Waals surface area contributed by atoms with E-state index < -0.39 is 23.7 Å². The number of ether oxygens (including phenoxy) is 2. The van der Waals surface area contributed by atoms with E-state index in [9.17, 15) is 9.59 Å². The van der Waals surface area contributed by atoms with Crippen LogP contribution < -0.4 is 5.32 Å². The maximum Gasteiger partial charge on any atom is 0.408 e. The SMILES string of the molecule is CC(C)(C)OC(=O)NC(Cc1ccccc1)C(=O)OCc1cc2c(ccc3sc4ccc5sccc5c4c32)s1. The maximum absolute atomic E-state index is 13.2. The normalized spacial score (nSPS) is 12.8. The molecule has 6 aromatic rings. The molecule has 0 radical (unpaired) electrons. The zero-order valence-corrected chi connectivity index (χ0v) is 24.2. The highest BCUT2D eigenvalue weighted by molar-refractivity contribution is 7.27. The Labute approximate surface area is 238 Å². The van der Waals surface area contributed by atoms with Crippen molar-refractivity contribution in [2.45, 2.75) is 45.4 Å². The van der Waals surface area contributed by atoms with Gasteiger partial charge in [-0.05, 0) is 68.1 Å². The number of hydrogen-bond donors (Lipinski definition) is 1. The summed E-state index contributed by atoms with van der Waals surface area (Å²) in [4.78, 5) is 26.7. The van der Waals surface area contributed by atoms with Crippen LogP contribution in [0.25, 0.3) is 40.3 Å². The van der Waals surface area contributed by atoms with Crippen LogP contribution in [0.5, 0.6) is 0 Å². The van der Waals surface area contributed by atoms with Gasteiger partial charge in [-0.1, -0.05) is 30.3 Å². The molecule has 198 valence electrons. The van der Waals surface area contributed by atoms with Gasteiger partial charge in [-0.2, -0.15) is 0 Å². The van der Waals surface area contributed by atoms with Gasteiger partial charge in [-0.25, -0.2) is 9.59 Å². The van der Waals surface area contributed by atoms with Gasteiger partial charge in [0.15, 0.2) is 0 Å². The summed E-state index contributed by atoms with van der Waals surface area (Å²) in [5.41, 5.74) is 0.248. The van der Waals surface area contributed by atoms with E-state index in [1.807, 2.05) is 41.7 Å². The van der Waals surface area contributed by atoms with E-state index in [0.717, 1.165) is 15.1 Å². The predicted octanol–water partition coefficient (Wildman–Crippen LogP) is 8.66. The summed E-state index contributed by atoms with van der Waals surface area (Å²) < 4.78 is 16.1. The summed E-state index contributed by atoms with van der Waals surface area (Å²) in [6.45, 7) is 5.50. The first-order valence-corrected chi connectivity index (χ1v) is 15.2. The fraction of sp³-hybridized carbons (Fsp3) is 0.226. The molecule has 1 unspecified atom stereocenters. The molecular weight excluding hydrogens is 547 g/mol. The Morgan fingerprint density at radius 3 is 2.28 bits per heavy atom. The molecule has 8 heteroatoms. The van der Waals surface area contributed by atoms with E-state index >= 15 is 0 Å². The largest absolute Gasteiger partial charge is 0.458 e. The number of carbonyl (C=O) groups is 2. The fourth-order valence-corrected chi connectivity index (χ4v) is 7.70. The Balaban J connectivity index is 1.26. The Bertz CT molecular complexity index is 1820. The van der Waals surface area contributed by atoms with Crippen LogP contribution in [0.1, 0.15) is 31.2 Å². The number of esters is 1. The van der Waals surface area contributed by atoms with Crippen LogP contribution >= 0.6 is 34.0 Å². The summed E-state index contributed by atoms with van der Waals surface area (Å²) in [6.07, 6.45) is -0.336. The van der Waals surface area contributed by atoms with Gasteiger partial charge >= 0.3 is 12.1 Å². The van der Waals surface area contributed by atoms with Crippen molar-refractivity contribution in [3.63, 3.8) is 0 Å². The average Bonchev–Trinajstić information content (AvgIpc) is 3.61. The molecule has 3 heterocycles. The molecular formula is C31H27NO4S3. The third-order valence-electron chi connectivity index (χ3n) is 6.40. The molecule has 0 aliphatic rings. The number of alkyl carbamates (subject to hydrolysis) is 1. The summed E-state index contributed by atoms with van der Waals surface area (Å²) >= 11 is 5.19. The molecule has 0 aliphatic heterocycles. The van der Waals surface area contributed by atoms with Gasteiger partial charge in [0.25, 0.3) is 0 Å². The lowest BCUT2D eigenvalue weighted by molar-refractivity contribution is -0.147. The standard InChI is InChI=1S/C31H27NO4S3/c1-31(2,3)36-30(34)32-22(15-18-7-5-4-6-8-18)29(33)35-17-19-16-21-24(38-19)10-12-26-28(21)27-20-13-14-37-23(20)9-11-25(27)39-26/h4-14,16,22H,15,17H2,1-3H3,(H,32,34). The van der Waals surface area contributed by atoms with Gasteiger partial charge in [0, 0.05) is 51.6 Å². The smallest absolute Gasteiger partial charge is 0.408 e. The van der Waals surface area contributed by atoms with Crippen molar-refractivity contribution in [2.75, 3.05) is 0 Å². The third-order valence-corrected chi connectivity index (χ3v) is 9.47. The molecule has 1 atom stereocenters. The van der Waals surface area contributed by atoms with E-state index in [4.69, 9.17) is 9.47 Å². The molecule has 0 saturated heterocycles. The van der Waals surface area contributed by atoms with Gasteiger partial charge in [-0.15, -0.1) is 34.0 Å². The molecule has 3 aromatic carbocycles. The number of benzene rings is 3. The van der Waals surface area contributed by atoms with E-state index in [1.165, 1.54) is 35.6 Å². The van der Waals surface area contributed by atoms with Gasteiger partial charge < -0.3 is 14.8 Å². The highest BCUT2D eigenvalue weighted by Crippen LogP contribution is 2.44. The Hall–Kier alpha value is -3.46. The van der Waals surface area contributed by atoms with E-state index in [2.05, 4.69) is 47.1 Å². The zero-order chi connectivity index (χ0) is 27.1. The molecule has 0 saturated carbocycles. The van der Waals surface area contributed by atoms with Gasteiger partial charge in [-0.3, -0.25) is 0 Å². The minimum absolute atomic E-state index is 0.136. The van der Waals surface area contributed by atoms with E-state index in [1.54, 1.807) is 43.4 Å². The maximum atomic E-state index is 13.2. The summed E-state index contributed by atoms with van der Waals surface area (Å²) in [5, 5.41) is 9.88. The molecule has 39 heavy (non-hydrogen) atoms. The summed E-state index contributed by atoms with van der Waals surface area (Å²) in [5.74, 6) is -0.492. The van der Waals surface area contributed by atoms with Crippen LogP contribution in [-0.2, 0) is 27.3 Å². The minimum Gasteiger partial charge on any atom is -0.458 e. The van der Waals surface area contributed by atoms with Gasteiger partial charge in [0.05, 0.1) is 0 Å². The van der Waals surface area contributed by atoms with Crippen LogP contribution in [0.4, 0.5) is 4.79 Å². The lowest BCUT2D eigenvalue weighted by Crippen LogP contribution is -2.45. The van der Waals surface area contributed by atoms with Gasteiger partial charge in [0.2, 0.25) is 0 Å². The van der Waals surface area contributed by atoms with Crippen molar-refractivity contribution in [1.29, 1.82) is 0 Å². The van der Waals surface area contributed by atoms with Crippen molar-refractivity contribution in [2.24, 2.45) is 0 Å². The molecule has 0 spiro atoms. The minimum atomic E-state index is -0.865. The lowest BCUT2D eigenvalue weighted by atomic mass is 10.1.